The van der Waals surface area contributed by atoms with Crippen LogP contribution in [0, 0.1) is 17.5 Å². The molecule has 21 heteroatoms. The van der Waals surface area contributed by atoms with Crippen LogP contribution in [0.4, 0.5) is 30.5 Å². The van der Waals surface area contributed by atoms with Crippen molar-refractivity contribution in [3.63, 3.8) is 0 Å². The van der Waals surface area contributed by atoms with Crippen molar-refractivity contribution in [3.05, 3.63) is 111 Å². The highest BCUT2D eigenvalue weighted by Gasteiger charge is 2.32. The molecule has 0 bridgehead atoms. The molecule has 6 aromatic rings. The number of anilines is 3. The van der Waals surface area contributed by atoms with Crippen LogP contribution in [-0.2, 0) is 0 Å². The maximum atomic E-state index is 15.3. The number of benzene rings is 2. The molecule has 0 saturated carbocycles. The van der Waals surface area contributed by atoms with E-state index in [9.17, 15) is 33.1 Å². The summed E-state index contributed by atoms with van der Waals surface area (Å²) >= 11 is 0. The Morgan fingerprint density at radius 2 is 1.14 bits per heavy atom. The van der Waals surface area contributed by atoms with Crippen LogP contribution >= 0.6 is 0 Å². The summed E-state index contributed by atoms with van der Waals surface area (Å²) in [5.74, 6) is -3.98. The van der Waals surface area contributed by atoms with E-state index in [0.29, 0.717) is 43.4 Å². The first-order valence-corrected chi connectivity index (χ1v) is 20.0. The van der Waals surface area contributed by atoms with Crippen molar-refractivity contribution in [2.45, 2.75) is 25.9 Å². The third-order valence-electron chi connectivity index (χ3n) is 11.2. The zero-order valence-corrected chi connectivity index (χ0v) is 34.0. The van der Waals surface area contributed by atoms with E-state index in [1.54, 1.807) is 30.2 Å². The van der Waals surface area contributed by atoms with E-state index in [2.05, 4.69) is 35.1 Å². The van der Waals surface area contributed by atoms with Crippen LogP contribution in [0.15, 0.2) is 71.3 Å². The number of halogens is 3. The monoisotopic (exact) mass is 870 g/mol. The zero-order valence-electron chi connectivity index (χ0n) is 34.0. The van der Waals surface area contributed by atoms with E-state index in [4.69, 9.17) is 14.6 Å². The Kier molecular flexibility index (Phi) is 11.8. The number of carbonyl (C=O) groups is 2. The fourth-order valence-corrected chi connectivity index (χ4v) is 8.00. The molecule has 0 amide bonds. The summed E-state index contributed by atoms with van der Waals surface area (Å²) in [5.41, 5.74) is -1.61. The van der Waals surface area contributed by atoms with Gasteiger partial charge in [-0.15, -0.1) is 0 Å². The fourth-order valence-electron chi connectivity index (χ4n) is 8.00. The van der Waals surface area contributed by atoms with Crippen LogP contribution in [0.3, 0.4) is 0 Å². The van der Waals surface area contributed by atoms with E-state index in [0.717, 1.165) is 50.1 Å². The Bertz CT molecular complexity index is 2840. The van der Waals surface area contributed by atoms with Crippen molar-refractivity contribution >= 4 is 51.1 Å². The summed E-state index contributed by atoms with van der Waals surface area (Å²) in [6.07, 6.45) is 9.02. The molecule has 0 spiro atoms. The maximum absolute atomic E-state index is 15.3. The number of hydrogen-bond acceptors (Lipinski definition) is 14. The number of pyridine rings is 2. The molecule has 8 heterocycles. The summed E-state index contributed by atoms with van der Waals surface area (Å²) in [6, 6.07) is 5.14. The van der Waals surface area contributed by atoms with Gasteiger partial charge in [0.2, 0.25) is 16.7 Å². The molecule has 3 N–H and O–H groups in total. The minimum Gasteiger partial charge on any atom is -0.487 e. The Morgan fingerprint density at radius 1 is 0.683 bits per heavy atom. The van der Waals surface area contributed by atoms with Crippen molar-refractivity contribution in [3.8, 4) is 11.5 Å². The number of carboxylic acid groups (broad SMARTS) is 2. The average Bonchev–Trinajstić information content (AvgIpc) is 3.30. The first-order chi connectivity index (χ1) is 30.3. The number of nitrogens with zero attached hydrogens (tertiary/aromatic N) is 9. The lowest BCUT2D eigenvalue weighted by Crippen LogP contribution is -2.47. The van der Waals surface area contributed by atoms with Crippen LogP contribution in [-0.4, -0.2) is 117 Å². The number of ether oxygens (including phenoxy) is 2. The molecule has 2 saturated heterocycles. The lowest BCUT2D eigenvalue weighted by Gasteiger charge is -2.38. The Hall–Kier alpha value is -7.29. The van der Waals surface area contributed by atoms with Crippen LogP contribution < -0.4 is 40.3 Å². The van der Waals surface area contributed by atoms with Crippen molar-refractivity contribution in [2.24, 2.45) is 0 Å². The maximum Gasteiger partial charge on any atom is 0.341 e. The summed E-state index contributed by atoms with van der Waals surface area (Å²) < 4.78 is 56.7. The number of piperazine rings is 2. The lowest BCUT2D eigenvalue weighted by molar-refractivity contribution is 0.0683. The normalized spacial score (nSPS) is 17.8. The van der Waals surface area contributed by atoms with Crippen molar-refractivity contribution in [2.75, 3.05) is 80.3 Å². The Balaban J connectivity index is 0.000000145. The van der Waals surface area contributed by atoms with Gasteiger partial charge in [0.25, 0.3) is 0 Å². The first kappa shape index (κ1) is 42.4. The summed E-state index contributed by atoms with van der Waals surface area (Å²) in [5, 5.41) is 21.5. The molecule has 328 valence electrons. The van der Waals surface area contributed by atoms with E-state index < -0.39 is 45.8 Å². The van der Waals surface area contributed by atoms with Gasteiger partial charge in [0.05, 0.1) is 33.9 Å². The molecular weight excluding hydrogens is 830 g/mol. The van der Waals surface area contributed by atoms with Gasteiger partial charge >= 0.3 is 11.9 Å². The molecule has 0 unspecified atom stereocenters. The average molecular weight is 871 g/mol. The second-order valence-electron chi connectivity index (χ2n) is 15.2. The first-order valence-electron chi connectivity index (χ1n) is 20.0. The molecule has 2 fully saturated rings. The van der Waals surface area contributed by atoms with Gasteiger partial charge in [0.15, 0.2) is 23.1 Å². The molecule has 4 aliphatic rings. The number of carboxylic acids is 2. The number of aromatic carboxylic acids is 2. The molecule has 63 heavy (non-hydrogen) atoms. The van der Waals surface area contributed by atoms with Gasteiger partial charge < -0.3 is 48.8 Å². The van der Waals surface area contributed by atoms with E-state index >= 15 is 4.39 Å². The van der Waals surface area contributed by atoms with Gasteiger partial charge in [-0.05, 0) is 38.1 Å². The highest BCUT2D eigenvalue weighted by Crippen LogP contribution is 2.42. The zero-order chi connectivity index (χ0) is 44.5. The van der Waals surface area contributed by atoms with Gasteiger partial charge in [0.1, 0.15) is 54.3 Å². The molecule has 4 aliphatic heterocycles. The van der Waals surface area contributed by atoms with E-state index in [1.165, 1.54) is 17.1 Å². The molecular formula is C42H41F3N10O8. The SMILES string of the molecule is C[C@H]1COc2c(F)c(F)cc3c(=O)c(C(=O)O)cn1c23.C[C@H]1COc2c(N3CCN(c4ccncn4)CC3)c(F)cc3c(=O)c(C(=O)O)cn1c23.c1cc(N2CCNCC2)ncn1. The molecule has 0 aliphatic carbocycles. The molecule has 10 rings (SSSR count). The van der Waals surface area contributed by atoms with Crippen LogP contribution in [0.1, 0.15) is 46.6 Å². The third-order valence-corrected chi connectivity index (χ3v) is 11.2. The van der Waals surface area contributed by atoms with Gasteiger partial charge in [-0.1, -0.05) is 0 Å². The van der Waals surface area contributed by atoms with Crippen LogP contribution in [0.25, 0.3) is 21.8 Å². The topological polar surface area (TPSA) is 210 Å². The van der Waals surface area contributed by atoms with Crippen molar-refractivity contribution in [1.29, 1.82) is 0 Å². The molecule has 0 radical (unpaired) electrons. The number of aromatic nitrogens is 6. The second-order valence-corrected chi connectivity index (χ2v) is 15.2. The van der Waals surface area contributed by atoms with Crippen LogP contribution in [0.5, 0.6) is 11.5 Å². The smallest absolute Gasteiger partial charge is 0.341 e. The van der Waals surface area contributed by atoms with Gasteiger partial charge in [-0.3, -0.25) is 9.59 Å². The fraction of sp³-hybridized carbons (Fsp3) is 0.333. The highest BCUT2D eigenvalue weighted by atomic mass is 19.2. The third kappa shape index (κ3) is 8.13. The summed E-state index contributed by atoms with van der Waals surface area (Å²) in [7, 11) is 0. The number of rotatable bonds is 5. The number of nitrogens with one attached hydrogen (secondary N) is 1. The highest BCUT2D eigenvalue weighted by molar-refractivity contribution is 5.97. The predicted molar refractivity (Wildman–Crippen MR) is 224 cm³/mol. The predicted octanol–water partition coefficient (Wildman–Crippen LogP) is 3.73. The Morgan fingerprint density at radius 3 is 1.63 bits per heavy atom. The largest absolute Gasteiger partial charge is 0.487 e. The number of hydrogen-bond donors (Lipinski definition) is 3. The summed E-state index contributed by atoms with van der Waals surface area (Å²) in [4.78, 5) is 69.9. The molecule has 2 atom stereocenters. The standard InChI is InChI=1S/C21H20FN5O4.C13H9F2NO4.C8H12N4/c1-12-10-31-20-17-13(19(28)14(21(29)30)9-27(12)17)8-15(22)18(20)26-6-4-25(5-7-26)16-2-3-23-11-24-16;1-5-4-20-12-9(15)8(14)2-6-10(12)16(5)3-7(11(6)17)13(18)19;1-2-10-7-11-8(1)12-5-3-9-4-6-12/h2-3,8-9,11-12H,4-7,10H2,1H3,(H,29,30);2-3,5H,4H2,1H3,(H,18,19);1-2,7,9H,3-6H2/t12-;5-;/m00./s1. The van der Waals surface area contributed by atoms with Crippen LogP contribution in [0.2, 0.25) is 0 Å². The second kappa shape index (κ2) is 17.6. The van der Waals surface area contributed by atoms with Gasteiger partial charge in [-0.2, -0.15) is 4.39 Å². The van der Waals surface area contributed by atoms with E-state index in [1.807, 2.05) is 24.0 Å². The van der Waals surface area contributed by atoms with Gasteiger partial charge in [0, 0.05) is 77.1 Å². The molecule has 4 aromatic heterocycles. The summed E-state index contributed by atoms with van der Waals surface area (Å²) in [6.45, 7) is 10.4. The van der Waals surface area contributed by atoms with E-state index in [-0.39, 0.29) is 58.6 Å². The minimum atomic E-state index is -1.41. The van der Waals surface area contributed by atoms with Crippen molar-refractivity contribution in [1.82, 2.24) is 34.4 Å². The quantitative estimate of drug-likeness (QED) is 0.225. The van der Waals surface area contributed by atoms with Crippen molar-refractivity contribution < 1.29 is 42.4 Å². The molecule has 2 aromatic carbocycles. The Labute approximate surface area is 355 Å². The van der Waals surface area contributed by atoms with Gasteiger partial charge in [-0.25, -0.2) is 38.3 Å². The minimum absolute atomic E-state index is 0.0160. The lowest BCUT2D eigenvalue weighted by atomic mass is 10.1. The molecule has 18 nitrogen and oxygen atoms in total.